The molecule has 3 heterocycles. The number of anilines is 1. The number of aromatic nitrogens is 3. The van der Waals surface area contributed by atoms with E-state index < -0.39 is 72.6 Å². The minimum absolute atomic E-state index is 0.0521. The summed E-state index contributed by atoms with van der Waals surface area (Å²) >= 11 is 12.5. The number of aliphatic hydroxyl groups is 3. The molecule has 3 aromatic rings. The SMILES string of the molecule is CO[C@@H]1[C@@H](n2cc(-c3cc(F)c(F)c(F)c3)nn2)[C@@H](O)[C@@H](CO)O[C@H]1C(=O)N(c1cc(Cl)cc(Cl)c1)[C@@H]1CN(C(C)=O)C[C@H]1O. The number of carbonyl (C=O) groups excluding carboxylic acids is 2. The molecule has 0 radical (unpaired) electrons. The van der Waals surface area contributed by atoms with Crippen molar-refractivity contribution in [2.24, 2.45) is 0 Å². The number of carbonyl (C=O) groups is 2. The Kier molecular flexibility index (Phi) is 9.70. The molecule has 0 bridgehead atoms. The summed E-state index contributed by atoms with van der Waals surface area (Å²) < 4.78 is 54.0. The maximum atomic E-state index is 14.5. The van der Waals surface area contributed by atoms with E-state index in [4.69, 9.17) is 32.7 Å². The first-order valence-corrected chi connectivity index (χ1v) is 14.4. The summed E-state index contributed by atoms with van der Waals surface area (Å²) in [6, 6.07) is 3.48. The summed E-state index contributed by atoms with van der Waals surface area (Å²) in [5, 5.41) is 40.5. The molecule has 2 aliphatic rings. The van der Waals surface area contributed by atoms with Gasteiger partial charge in [0.2, 0.25) is 5.91 Å². The standard InChI is InChI=1S/C28H28Cl2F3N5O7/c1-12(40)36-9-20(21(41)10-36)38(16-6-14(29)5-15(30)7-16)28(43)27-26(44-2)24(25(42)22(11-39)45-27)37-8-19(34-35-37)13-3-17(31)23(33)18(32)4-13/h3-8,20-22,24-27,39,41-42H,9-11H2,1-2H3/t20-,21-,22-,24+,25+,26-,27-/m1/s1. The lowest BCUT2D eigenvalue weighted by Gasteiger charge is -2.45. The predicted octanol–water partition coefficient (Wildman–Crippen LogP) is 1.97. The van der Waals surface area contributed by atoms with Gasteiger partial charge in [0, 0.05) is 48.4 Å². The van der Waals surface area contributed by atoms with Gasteiger partial charge >= 0.3 is 0 Å². The first-order chi connectivity index (χ1) is 21.3. The average molecular weight is 674 g/mol. The number of hydrogen-bond acceptors (Lipinski definition) is 9. The molecule has 12 nitrogen and oxygen atoms in total. The Hall–Kier alpha value is -3.31. The van der Waals surface area contributed by atoms with Crippen LogP contribution in [-0.4, -0.2) is 110 Å². The van der Waals surface area contributed by atoms with Crippen LogP contribution in [-0.2, 0) is 19.1 Å². The van der Waals surface area contributed by atoms with Crippen LogP contribution < -0.4 is 4.90 Å². The highest BCUT2D eigenvalue weighted by molar-refractivity contribution is 6.35. The minimum atomic E-state index is -1.66. The van der Waals surface area contributed by atoms with Crippen LogP contribution in [0, 0.1) is 17.5 Å². The fraction of sp³-hybridized carbons (Fsp3) is 0.429. The van der Waals surface area contributed by atoms with Crippen molar-refractivity contribution in [1.82, 2.24) is 19.9 Å². The first kappa shape index (κ1) is 33.1. The number of likely N-dealkylation sites (tertiary alicyclic amines) is 1. The maximum absolute atomic E-state index is 14.5. The van der Waals surface area contributed by atoms with Gasteiger partial charge in [-0.05, 0) is 30.3 Å². The number of amides is 2. The van der Waals surface area contributed by atoms with E-state index in [-0.39, 0.29) is 46.0 Å². The lowest BCUT2D eigenvalue weighted by Crippen LogP contribution is -2.63. The number of hydrogen-bond donors (Lipinski definition) is 3. The van der Waals surface area contributed by atoms with Gasteiger partial charge in [-0.25, -0.2) is 17.9 Å². The van der Waals surface area contributed by atoms with Crippen LogP contribution in [0.4, 0.5) is 18.9 Å². The fourth-order valence-electron chi connectivity index (χ4n) is 5.70. The Bertz CT molecular complexity index is 1560. The Morgan fingerprint density at radius 1 is 1.09 bits per heavy atom. The lowest BCUT2D eigenvalue weighted by molar-refractivity contribution is -0.211. The van der Waals surface area contributed by atoms with Gasteiger partial charge in [-0.3, -0.25) is 9.59 Å². The molecular formula is C28H28Cl2F3N5O7. The van der Waals surface area contributed by atoms with E-state index in [2.05, 4.69) is 10.3 Å². The highest BCUT2D eigenvalue weighted by atomic mass is 35.5. The molecule has 0 unspecified atom stereocenters. The summed E-state index contributed by atoms with van der Waals surface area (Å²) in [7, 11) is 1.23. The number of nitrogens with zero attached hydrogens (tertiary/aromatic N) is 5. The summed E-state index contributed by atoms with van der Waals surface area (Å²) in [4.78, 5) is 29.2. The third-order valence-corrected chi connectivity index (χ3v) is 8.31. The molecule has 3 N–H and O–H groups in total. The van der Waals surface area contributed by atoms with E-state index in [1.807, 2.05) is 0 Å². The number of rotatable bonds is 7. The smallest absolute Gasteiger partial charge is 0.259 e. The summed E-state index contributed by atoms with van der Waals surface area (Å²) in [5.41, 5.74) is -0.0934. The van der Waals surface area contributed by atoms with Crippen LogP contribution in [0.25, 0.3) is 11.3 Å². The van der Waals surface area contributed by atoms with Crippen LogP contribution in [0.15, 0.2) is 36.5 Å². The van der Waals surface area contributed by atoms with Crippen LogP contribution in [0.2, 0.25) is 10.0 Å². The molecule has 17 heteroatoms. The van der Waals surface area contributed by atoms with E-state index in [0.717, 1.165) is 16.8 Å². The second-order valence-electron chi connectivity index (χ2n) is 10.7. The minimum Gasteiger partial charge on any atom is -0.394 e. The molecule has 45 heavy (non-hydrogen) atoms. The van der Waals surface area contributed by atoms with Gasteiger partial charge in [-0.15, -0.1) is 5.10 Å². The molecule has 2 aromatic carbocycles. The Labute approximate surface area is 264 Å². The molecule has 0 saturated carbocycles. The van der Waals surface area contributed by atoms with E-state index in [1.165, 1.54) is 48.2 Å². The molecular weight excluding hydrogens is 646 g/mol. The highest BCUT2D eigenvalue weighted by Crippen LogP contribution is 2.37. The number of aliphatic hydroxyl groups excluding tert-OH is 3. The van der Waals surface area contributed by atoms with Crippen molar-refractivity contribution in [2.45, 2.75) is 49.5 Å². The van der Waals surface area contributed by atoms with E-state index >= 15 is 0 Å². The molecule has 2 saturated heterocycles. The highest BCUT2D eigenvalue weighted by Gasteiger charge is 2.52. The Morgan fingerprint density at radius 3 is 2.29 bits per heavy atom. The quantitative estimate of drug-likeness (QED) is 0.320. The van der Waals surface area contributed by atoms with Crippen LogP contribution >= 0.6 is 23.2 Å². The molecule has 0 spiro atoms. The van der Waals surface area contributed by atoms with E-state index in [0.29, 0.717) is 0 Å². The molecule has 5 rings (SSSR count). The lowest BCUT2D eigenvalue weighted by atomic mass is 9.91. The molecule has 2 amide bonds. The zero-order chi connectivity index (χ0) is 32.7. The van der Waals surface area contributed by atoms with Crippen molar-refractivity contribution >= 4 is 40.7 Å². The number of ether oxygens (including phenoxy) is 2. The van der Waals surface area contributed by atoms with Crippen molar-refractivity contribution in [3.05, 3.63) is 64.0 Å². The van der Waals surface area contributed by atoms with Crippen molar-refractivity contribution in [3.8, 4) is 11.3 Å². The van der Waals surface area contributed by atoms with Crippen LogP contribution in [0.3, 0.4) is 0 Å². The van der Waals surface area contributed by atoms with Gasteiger partial charge in [0.15, 0.2) is 23.6 Å². The van der Waals surface area contributed by atoms with E-state index in [9.17, 15) is 38.1 Å². The van der Waals surface area contributed by atoms with Crippen LogP contribution in [0.1, 0.15) is 13.0 Å². The Balaban J connectivity index is 1.56. The topological polar surface area (TPSA) is 150 Å². The van der Waals surface area contributed by atoms with Crippen molar-refractivity contribution in [1.29, 1.82) is 0 Å². The molecule has 2 aliphatic heterocycles. The van der Waals surface area contributed by atoms with Gasteiger partial charge in [0.25, 0.3) is 5.91 Å². The van der Waals surface area contributed by atoms with Gasteiger partial charge in [-0.1, -0.05) is 28.4 Å². The monoisotopic (exact) mass is 673 g/mol. The summed E-state index contributed by atoms with van der Waals surface area (Å²) in [5.74, 6) is -5.70. The van der Waals surface area contributed by atoms with Gasteiger partial charge in [0.1, 0.15) is 30.0 Å². The van der Waals surface area contributed by atoms with Crippen LogP contribution in [0.5, 0.6) is 0 Å². The van der Waals surface area contributed by atoms with Gasteiger partial charge < -0.3 is 34.6 Å². The van der Waals surface area contributed by atoms with Crippen molar-refractivity contribution in [2.75, 3.05) is 31.7 Å². The maximum Gasteiger partial charge on any atom is 0.259 e. The van der Waals surface area contributed by atoms with Crippen molar-refractivity contribution in [3.63, 3.8) is 0 Å². The molecule has 242 valence electrons. The third-order valence-electron chi connectivity index (χ3n) is 7.88. The zero-order valence-electron chi connectivity index (χ0n) is 23.7. The van der Waals surface area contributed by atoms with E-state index in [1.54, 1.807) is 0 Å². The normalized spacial score (nSPS) is 26.7. The second-order valence-corrected chi connectivity index (χ2v) is 11.6. The third kappa shape index (κ3) is 6.38. The number of methoxy groups -OCH3 is 1. The van der Waals surface area contributed by atoms with Gasteiger partial charge in [0.05, 0.1) is 24.9 Å². The number of halogens is 5. The van der Waals surface area contributed by atoms with Crippen molar-refractivity contribution < 1.29 is 47.6 Å². The summed E-state index contributed by atoms with van der Waals surface area (Å²) in [6.45, 7) is 0.455. The average Bonchev–Trinajstić information content (AvgIpc) is 3.62. The van der Waals surface area contributed by atoms with Gasteiger partial charge in [-0.2, -0.15) is 0 Å². The fourth-order valence-corrected chi connectivity index (χ4v) is 6.21. The molecule has 1 aromatic heterocycles. The molecule has 2 fully saturated rings. The number of benzene rings is 2. The summed E-state index contributed by atoms with van der Waals surface area (Å²) in [6.07, 6.45) is -5.79. The zero-order valence-corrected chi connectivity index (χ0v) is 25.2. The Morgan fingerprint density at radius 2 is 1.73 bits per heavy atom. The number of β-amino-alcohol motifs (C(OH)–C–C–N with tert-alkyl or cyclic N) is 1. The molecule has 0 aliphatic carbocycles. The largest absolute Gasteiger partial charge is 0.394 e. The predicted molar refractivity (Wildman–Crippen MR) is 153 cm³/mol. The second kappa shape index (κ2) is 13.2. The molecule has 7 atom stereocenters. The first-order valence-electron chi connectivity index (χ1n) is 13.6.